The summed E-state index contributed by atoms with van der Waals surface area (Å²) >= 11 is 6.24. The van der Waals surface area contributed by atoms with Gasteiger partial charge in [-0.05, 0) is 48.2 Å². The molecular weight excluding hydrogens is 462 g/mol. The zero-order valence-electron chi connectivity index (χ0n) is 16.6. The minimum atomic E-state index is -4.68. The van der Waals surface area contributed by atoms with Crippen LogP contribution in [-0.4, -0.2) is 23.9 Å². The number of carboxylic acids is 1. The van der Waals surface area contributed by atoms with E-state index >= 15 is 0 Å². The van der Waals surface area contributed by atoms with Gasteiger partial charge in [0.1, 0.15) is 5.75 Å². The lowest BCUT2D eigenvalue weighted by molar-refractivity contribution is -0.153. The maximum Gasteiger partial charge on any atom is 0.422 e. The highest BCUT2D eigenvalue weighted by molar-refractivity contribution is 6.32. The number of rotatable bonds is 5. The third kappa shape index (κ3) is 5.14. The third-order valence-corrected chi connectivity index (χ3v) is 5.90. The van der Waals surface area contributed by atoms with Crippen molar-refractivity contribution in [2.45, 2.75) is 49.9 Å². The number of carboxylic acid groups (broad SMARTS) is 1. The number of ether oxygens (including phenoxy) is 1. The maximum atomic E-state index is 12.9. The molecule has 1 fully saturated rings. The standard InChI is InChI=1S/C22H19ClF6O3/c23-17-11-15(20(19(30)31)8-2-1-3-9-20)10-16(18(17)32-12-21(24,25)26)13-4-6-14(7-5-13)22(27,28)29/h4-7,10-11H,1-3,8-9,12H2,(H,30,31). The second-order valence-electron chi connectivity index (χ2n) is 7.76. The van der Waals surface area contributed by atoms with Crippen LogP contribution in [0.25, 0.3) is 11.1 Å². The van der Waals surface area contributed by atoms with Crippen LogP contribution in [0.15, 0.2) is 36.4 Å². The zero-order valence-corrected chi connectivity index (χ0v) is 17.4. The molecule has 0 atom stereocenters. The van der Waals surface area contributed by atoms with Crippen molar-refractivity contribution in [3.05, 3.63) is 52.5 Å². The van der Waals surface area contributed by atoms with Gasteiger partial charge in [-0.3, -0.25) is 4.79 Å². The number of carbonyl (C=O) groups is 1. The molecule has 2 aromatic rings. The fourth-order valence-corrected chi connectivity index (χ4v) is 4.28. The lowest BCUT2D eigenvalue weighted by Gasteiger charge is -2.34. The van der Waals surface area contributed by atoms with Crippen LogP contribution in [0, 0.1) is 0 Å². The number of benzene rings is 2. The molecule has 0 heterocycles. The first-order valence-electron chi connectivity index (χ1n) is 9.78. The van der Waals surface area contributed by atoms with Crippen LogP contribution in [0.1, 0.15) is 43.2 Å². The molecule has 0 unspecified atom stereocenters. The molecule has 0 amide bonds. The quantitative estimate of drug-likeness (QED) is 0.458. The van der Waals surface area contributed by atoms with Crippen LogP contribution >= 0.6 is 11.6 Å². The summed E-state index contributed by atoms with van der Waals surface area (Å²) in [5.74, 6) is -1.46. The van der Waals surface area contributed by atoms with Gasteiger partial charge < -0.3 is 9.84 Å². The van der Waals surface area contributed by atoms with Crippen molar-refractivity contribution in [2.24, 2.45) is 0 Å². The van der Waals surface area contributed by atoms with Gasteiger partial charge in [0.15, 0.2) is 6.61 Å². The Balaban J connectivity index is 2.16. The Morgan fingerprint density at radius 2 is 1.59 bits per heavy atom. The van der Waals surface area contributed by atoms with Crippen LogP contribution in [0.4, 0.5) is 26.3 Å². The van der Waals surface area contributed by atoms with E-state index in [-0.39, 0.29) is 27.5 Å². The predicted molar refractivity (Wildman–Crippen MR) is 106 cm³/mol. The van der Waals surface area contributed by atoms with Gasteiger partial charge in [-0.1, -0.05) is 43.0 Å². The van der Waals surface area contributed by atoms with Crippen molar-refractivity contribution < 1.29 is 41.0 Å². The van der Waals surface area contributed by atoms with Gasteiger partial charge in [-0.15, -0.1) is 0 Å². The Morgan fingerprint density at radius 1 is 1.00 bits per heavy atom. The normalized spacial score (nSPS) is 16.6. The maximum absolute atomic E-state index is 12.9. The number of hydrogen-bond acceptors (Lipinski definition) is 2. The number of halogens is 7. The first kappa shape index (κ1) is 24.2. The van der Waals surface area contributed by atoms with Gasteiger partial charge in [-0.25, -0.2) is 0 Å². The van der Waals surface area contributed by atoms with E-state index in [0.717, 1.165) is 30.7 Å². The Labute approximate surface area is 184 Å². The molecule has 0 saturated heterocycles. The second-order valence-corrected chi connectivity index (χ2v) is 8.17. The van der Waals surface area contributed by atoms with E-state index in [1.165, 1.54) is 12.1 Å². The molecule has 32 heavy (non-hydrogen) atoms. The average Bonchev–Trinajstić information content (AvgIpc) is 2.71. The second kappa shape index (κ2) is 8.84. The molecule has 1 N–H and O–H groups in total. The summed E-state index contributed by atoms with van der Waals surface area (Å²) in [4.78, 5) is 12.2. The SMILES string of the molecule is O=C(O)C1(c2cc(Cl)c(OCC(F)(F)F)c(-c3ccc(C(F)(F)F)cc3)c2)CCCCC1. The molecule has 174 valence electrons. The molecule has 2 aromatic carbocycles. The van der Waals surface area contributed by atoms with Crippen LogP contribution < -0.4 is 4.74 Å². The molecule has 1 aliphatic carbocycles. The number of aliphatic carboxylic acids is 1. The van der Waals surface area contributed by atoms with Crippen LogP contribution in [-0.2, 0) is 16.4 Å². The Kier molecular flexibility index (Phi) is 6.70. The van der Waals surface area contributed by atoms with Crippen LogP contribution in [0.2, 0.25) is 5.02 Å². The molecule has 10 heteroatoms. The Morgan fingerprint density at radius 3 is 2.09 bits per heavy atom. The van der Waals surface area contributed by atoms with Crippen molar-refractivity contribution >= 4 is 17.6 Å². The summed E-state index contributed by atoms with van der Waals surface area (Å²) in [6.07, 6.45) is -6.51. The molecule has 1 aliphatic rings. The van der Waals surface area contributed by atoms with Crippen molar-refractivity contribution in [1.82, 2.24) is 0 Å². The van der Waals surface area contributed by atoms with Crippen molar-refractivity contribution in [1.29, 1.82) is 0 Å². The highest BCUT2D eigenvalue weighted by Gasteiger charge is 2.42. The Bertz CT molecular complexity index is 977. The smallest absolute Gasteiger partial charge is 0.422 e. The van der Waals surface area contributed by atoms with Crippen LogP contribution in [0.3, 0.4) is 0 Å². The molecule has 0 radical (unpaired) electrons. The molecule has 3 nitrogen and oxygen atoms in total. The minimum absolute atomic E-state index is 0.00308. The van der Waals surface area contributed by atoms with Gasteiger partial charge in [-0.2, -0.15) is 26.3 Å². The number of hydrogen-bond donors (Lipinski definition) is 1. The largest absolute Gasteiger partial charge is 0.482 e. The molecular formula is C22H19ClF6O3. The van der Waals surface area contributed by atoms with Crippen LogP contribution in [0.5, 0.6) is 5.75 Å². The summed E-state index contributed by atoms with van der Waals surface area (Å²) < 4.78 is 81.9. The molecule has 0 bridgehead atoms. The van der Waals surface area contributed by atoms with E-state index < -0.39 is 35.9 Å². The van der Waals surface area contributed by atoms with E-state index in [2.05, 4.69) is 0 Å². The minimum Gasteiger partial charge on any atom is -0.482 e. The van der Waals surface area contributed by atoms with Gasteiger partial charge in [0.2, 0.25) is 0 Å². The average molecular weight is 481 g/mol. The van der Waals surface area contributed by atoms with E-state index in [1.54, 1.807) is 0 Å². The summed E-state index contributed by atoms with van der Waals surface area (Å²) in [6.45, 7) is -1.66. The number of alkyl halides is 6. The summed E-state index contributed by atoms with van der Waals surface area (Å²) in [5.41, 5.74) is -1.82. The first-order valence-corrected chi connectivity index (χ1v) is 10.2. The van der Waals surface area contributed by atoms with E-state index in [4.69, 9.17) is 16.3 Å². The van der Waals surface area contributed by atoms with Gasteiger partial charge in [0.25, 0.3) is 0 Å². The zero-order chi connectivity index (χ0) is 23.7. The fourth-order valence-electron chi connectivity index (χ4n) is 4.00. The Hall–Kier alpha value is -2.42. The van der Waals surface area contributed by atoms with Gasteiger partial charge in [0, 0.05) is 5.56 Å². The van der Waals surface area contributed by atoms with Crippen molar-refractivity contribution in [3.63, 3.8) is 0 Å². The molecule has 0 spiro atoms. The fraction of sp³-hybridized carbons (Fsp3) is 0.409. The third-order valence-electron chi connectivity index (χ3n) is 5.62. The monoisotopic (exact) mass is 480 g/mol. The molecule has 1 saturated carbocycles. The molecule has 0 aromatic heterocycles. The molecule has 0 aliphatic heterocycles. The lowest BCUT2D eigenvalue weighted by atomic mass is 9.69. The van der Waals surface area contributed by atoms with E-state index in [1.807, 2.05) is 0 Å². The van der Waals surface area contributed by atoms with Gasteiger partial charge >= 0.3 is 18.3 Å². The van der Waals surface area contributed by atoms with E-state index in [9.17, 15) is 36.2 Å². The first-order chi connectivity index (χ1) is 14.8. The topological polar surface area (TPSA) is 46.5 Å². The highest BCUT2D eigenvalue weighted by atomic mass is 35.5. The summed E-state index contributed by atoms with van der Waals surface area (Å²) in [6, 6.07) is 6.40. The van der Waals surface area contributed by atoms with Crippen molar-refractivity contribution in [2.75, 3.05) is 6.61 Å². The van der Waals surface area contributed by atoms with E-state index in [0.29, 0.717) is 25.7 Å². The lowest BCUT2D eigenvalue weighted by Crippen LogP contribution is -2.37. The summed E-state index contributed by atoms with van der Waals surface area (Å²) in [7, 11) is 0. The highest BCUT2D eigenvalue weighted by Crippen LogP contribution is 2.46. The predicted octanol–water partition coefficient (Wildman–Crippen LogP) is 7.25. The van der Waals surface area contributed by atoms with Gasteiger partial charge in [0.05, 0.1) is 16.0 Å². The van der Waals surface area contributed by atoms with Crippen molar-refractivity contribution in [3.8, 4) is 16.9 Å². The summed E-state index contributed by atoms with van der Waals surface area (Å²) in [5, 5.41) is 9.71. The molecule has 3 rings (SSSR count).